The zero-order valence-electron chi connectivity index (χ0n) is 12.1. The summed E-state index contributed by atoms with van der Waals surface area (Å²) < 4.78 is 18.1. The Kier molecular flexibility index (Phi) is 5.91. The average molecular weight is 303 g/mol. The van der Waals surface area contributed by atoms with Crippen LogP contribution in [0, 0.1) is 5.82 Å². The molecule has 0 heterocycles. The normalized spacial score (nSPS) is 10.3. The Hall–Kier alpha value is -2.40. The van der Waals surface area contributed by atoms with Crippen molar-refractivity contribution in [2.45, 2.75) is 6.54 Å². The van der Waals surface area contributed by atoms with Crippen molar-refractivity contribution in [3.05, 3.63) is 66.0 Å². The van der Waals surface area contributed by atoms with Gasteiger partial charge < -0.3 is 14.7 Å². The number of benzene rings is 2. The second-order valence-electron chi connectivity index (χ2n) is 4.77. The molecule has 0 aromatic heterocycles. The molecule has 22 heavy (non-hydrogen) atoms. The number of carbonyl (C=O) groups is 1. The summed E-state index contributed by atoms with van der Waals surface area (Å²) in [7, 11) is 0. The lowest BCUT2D eigenvalue weighted by molar-refractivity contribution is -0.134. The molecule has 0 saturated heterocycles. The van der Waals surface area contributed by atoms with Crippen LogP contribution in [0.2, 0.25) is 0 Å². The maximum atomic E-state index is 12.8. The smallest absolute Gasteiger partial charge is 0.260 e. The minimum Gasteiger partial charge on any atom is -0.484 e. The fraction of sp³-hybridized carbons (Fsp3) is 0.235. The van der Waals surface area contributed by atoms with Gasteiger partial charge in [-0.25, -0.2) is 4.39 Å². The number of hydrogen-bond donors (Lipinski definition) is 1. The number of nitrogens with zero attached hydrogens (tertiary/aromatic N) is 1. The van der Waals surface area contributed by atoms with Gasteiger partial charge in [-0.05, 0) is 29.8 Å². The number of halogens is 1. The summed E-state index contributed by atoms with van der Waals surface area (Å²) in [5.41, 5.74) is 0.978. The van der Waals surface area contributed by atoms with Gasteiger partial charge in [-0.3, -0.25) is 4.79 Å². The van der Waals surface area contributed by atoms with Gasteiger partial charge in [-0.1, -0.05) is 30.3 Å². The molecule has 1 N–H and O–H groups in total. The van der Waals surface area contributed by atoms with Gasteiger partial charge in [-0.15, -0.1) is 0 Å². The Morgan fingerprint density at radius 3 is 2.41 bits per heavy atom. The van der Waals surface area contributed by atoms with Crippen molar-refractivity contribution in [3.8, 4) is 5.75 Å². The van der Waals surface area contributed by atoms with E-state index < -0.39 is 0 Å². The third kappa shape index (κ3) is 4.86. The van der Waals surface area contributed by atoms with E-state index in [1.54, 1.807) is 0 Å². The zero-order chi connectivity index (χ0) is 15.8. The maximum Gasteiger partial charge on any atom is 0.260 e. The van der Waals surface area contributed by atoms with E-state index in [1.165, 1.54) is 29.2 Å². The summed E-state index contributed by atoms with van der Waals surface area (Å²) >= 11 is 0. The van der Waals surface area contributed by atoms with E-state index in [0.29, 0.717) is 12.3 Å². The first-order valence-corrected chi connectivity index (χ1v) is 7.00. The van der Waals surface area contributed by atoms with Crippen molar-refractivity contribution < 1.29 is 19.0 Å². The van der Waals surface area contributed by atoms with Gasteiger partial charge in [0.1, 0.15) is 11.6 Å². The summed E-state index contributed by atoms with van der Waals surface area (Å²) in [6, 6.07) is 15.0. The molecule has 0 aliphatic rings. The number of rotatable bonds is 7. The molecule has 4 nitrogen and oxygen atoms in total. The van der Waals surface area contributed by atoms with E-state index in [9.17, 15) is 9.18 Å². The highest BCUT2D eigenvalue weighted by Gasteiger charge is 2.14. The lowest BCUT2D eigenvalue weighted by Gasteiger charge is -2.22. The van der Waals surface area contributed by atoms with Gasteiger partial charge in [-0.2, -0.15) is 0 Å². The van der Waals surface area contributed by atoms with Gasteiger partial charge >= 0.3 is 0 Å². The maximum absolute atomic E-state index is 12.8. The Labute approximate surface area is 128 Å². The molecule has 0 radical (unpaired) electrons. The summed E-state index contributed by atoms with van der Waals surface area (Å²) in [5.74, 6) is -0.162. The van der Waals surface area contributed by atoms with E-state index in [2.05, 4.69) is 0 Å². The molecule has 0 fully saturated rings. The summed E-state index contributed by atoms with van der Waals surface area (Å²) in [4.78, 5) is 13.7. The highest BCUT2D eigenvalue weighted by atomic mass is 19.1. The molecule has 0 atom stereocenters. The number of carbonyl (C=O) groups excluding carboxylic acids is 1. The first kappa shape index (κ1) is 16.0. The molecule has 0 aliphatic carbocycles. The Morgan fingerprint density at radius 2 is 1.77 bits per heavy atom. The Bertz CT molecular complexity index is 587. The van der Waals surface area contributed by atoms with Crippen LogP contribution in [0.25, 0.3) is 0 Å². The van der Waals surface area contributed by atoms with E-state index in [0.717, 1.165) is 5.56 Å². The monoisotopic (exact) mass is 303 g/mol. The third-order valence-corrected chi connectivity index (χ3v) is 3.11. The van der Waals surface area contributed by atoms with Crippen LogP contribution in [0.15, 0.2) is 54.6 Å². The number of hydrogen-bond acceptors (Lipinski definition) is 3. The van der Waals surface area contributed by atoms with E-state index in [-0.39, 0.29) is 31.5 Å². The molecule has 0 saturated carbocycles. The lowest BCUT2D eigenvalue weighted by atomic mass is 10.2. The first-order valence-electron chi connectivity index (χ1n) is 7.00. The molecular formula is C17H18FNO3. The summed E-state index contributed by atoms with van der Waals surface area (Å²) in [5, 5.41) is 9.10. The SMILES string of the molecule is O=C(COc1ccc(F)cc1)N(CCO)Cc1ccccc1. The molecule has 0 bridgehead atoms. The van der Waals surface area contributed by atoms with Crippen molar-refractivity contribution >= 4 is 5.91 Å². The molecular weight excluding hydrogens is 285 g/mol. The second kappa shape index (κ2) is 8.14. The predicted molar refractivity (Wildman–Crippen MR) is 80.8 cm³/mol. The molecule has 116 valence electrons. The zero-order valence-corrected chi connectivity index (χ0v) is 12.1. The van der Waals surface area contributed by atoms with Crippen LogP contribution in [-0.2, 0) is 11.3 Å². The summed E-state index contributed by atoms with van der Waals surface area (Å²) in [6.45, 7) is 0.376. The fourth-order valence-electron chi connectivity index (χ4n) is 1.98. The van der Waals surface area contributed by atoms with Gasteiger partial charge in [0.15, 0.2) is 6.61 Å². The van der Waals surface area contributed by atoms with Crippen molar-refractivity contribution in [1.29, 1.82) is 0 Å². The minimum absolute atomic E-state index is 0.116. The topological polar surface area (TPSA) is 49.8 Å². The first-order chi connectivity index (χ1) is 10.7. The molecule has 2 aromatic rings. The van der Waals surface area contributed by atoms with Crippen LogP contribution in [0.5, 0.6) is 5.75 Å². The van der Waals surface area contributed by atoms with Crippen molar-refractivity contribution in [2.75, 3.05) is 19.8 Å². The largest absolute Gasteiger partial charge is 0.484 e. The van der Waals surface area contributed by atoms with Crippen LogP contribution < -0.4 is 4.74 Å². The molecule has 2 rings (SSSR count). The Balaban J connectivity index is 1.93. The van der Waals surface area contributed by atoms with Gasteiger partial charge in [0.25, 0.3) is 5.91 Å². The van der Waals surface area contributed by atoms with Crippen molar-refractivity contribution in [3.63, 3.8) is 0 Å². The highest BCUT2D eigenvalue weighted by molar-refractivity contribution is 5.77. The lowest BCUT2D eigenvalue weighted by Crippen LogP contribution is -2.36. The average Bonchev–Trinajstić information content (AvgIpc) is 2.54. The minimum atomic E-state index is -0.357. The van der Waals surface area contributed by atoms with Crippen LogP contribution in [0.3, 0.4) is 0 Å². The molecule has 5 heteroatoms. The quantitative estimate of drug-likeness (QED) is 0.853. The van der Waals surface area contributed by atoms with Crippen LogP contribution in [0.1, 0.15) is 5.56 Å². The highest BCUT2D eigenvalue weighted by Crippen LogP contribution is 2.11. The number of ether oxygens (including phenoxy) is 1. The van der Waals surface area contributed by atoms with E-state index in [1.807, 2.05) is 30.3 Å². The fourth-order valence-corrected chi connectivity index (χ4v) is 1.98. The standard InChI is InChI=1S/C17H18FNO3/c18-15-6-8-16(9-7-15)22-13-17(21)19(10-11-20)12-14-4-2-1-3-5-14/h1-9,20H,10-13H2. The predicted octanol–water partition coefficient (Wildman–Crippen LogP) is 2.23. The van der Waals surface area contributed by atoms with Crippen LogP contribution >= 0.6 is 0 Å². The molecule has 1 amide bonds. The Morgan fingerprint density at radius 1 is 1.09 bits per heavy atom. The van der Waals surface area contributed by atoms with Gasteiger partial charge in [0, 0.05) is 13.1 Å². The molecule has 2 aromatic carbocycles. The number of aliphatic hydroxyl groups excluding tert-OH is 1. The van der Waals surface area contributed by atoms with Crippen LogP contribution in [0.4, 0.5) is 4.39 Å². The molecule has 0 spiro atoms. The molecule has 0 aliphatic heterocycles. The van der Waals surface area contributed by atoms with Gasteiger partial charge in [0.05, 0.1) is 6.61 Å². The van der Waals surface area contributed by atoms with E-state index in [4.69, 9.17) is 9.84 Å². The third-order valence-electron chi connectivity index (χ3n) is 3.11. The van der Waals surface area contributed by atoms with E-state index >= 15 is 0 Å². The van der Waals surface area contributed by atoms with Crippen molar-refractivity contribution in [2.24, 2.45) is 0 Å². The number of aliphatic hydroxyl groups is 1. The number of amides is 1. The van der Waals surface area contributed by atoms with Crippen molar-refractivity contribution in [1.82, 2.24) is 4.90 Å². The van der Waals surface area contributed by atoms with Crippen LogP contribution in [-0.4, -0.2) is 35.7 Å². The summed E-state index contributed by atoms with van der Waals surface area (Å²) in [6.07, 6.45) is 0. The molecule has 0 unspecified atom stereocenters. The second-order valence-corrected chi connectivity index (χ2v) is 4.77. The van der Waals surface area contributed by atoms with Gasteiger partial charge in [0.2, 0.25) is 0 Å².